The van der Waals surface area contributed by atoms with Crippen molar-refractivity contribution in [2.45, 2.75) is 19.8 Å². The van der Waals surface area contributed by atoms with E-state index in [2.05, 4.69) is 17.2 Å². The Morgan fingerprint density at radius 1 is 1.56 bits per heavy atom. The maximum atomic E-state index is 4.38. The van der Waals surface area contributed by atoms with Crippen molar-refractivity contribution in [1.29, 1.82) is 0 Å². The Hall–Kier alpha value is -0.530. The van der Waals surface area contributed by atoms with Gasteiger partial charge in [-0.1, -0.05) is 6.92 Å². The monoisotopic (exact) mass is 124 g/mol. The lowest BCUT2D eigenvalue weighted by Crippen LogP contribution is -2.26. The summed E-state index contributed by atoms with van der Waals surface area (Å²) in [5.74, 6) is 1.27. The quantitative estimate of drug-likeness (QED) is 0.549. The van der Waals surface area contributed by atoms with E-state index < -0.39 is 0 Å². The Bertz CT molecular complexity index is 156. The molecular formula is C7H12N2. The fourth-order valence-corrected chi connectivity index (χ4v) is 1.23. The lowest BCUT2D eigenvalue weighted by atomic mass is 10.1. The summed E-state index contributed by atoms with van der Waals surface area (Å²) in [6, 6.07) is 0. The number of nitrogens with one attached hydrogen (secondary N) is 1. The largest absolute Gasteiger partial charge is 0.372 e. The van der Waals surface area contributed by atoms with Gasteiger partial charge in [-0.3, -0.25) is 4.99 Å². The molecule has 0 spiro atoms. The van der Waals surface area contributed by atoms with E-state index >= 15 is 0 Å². The molecule has 1 aliphatic heterocycles. The van der Waals surface area contributed by atoms with Gasteiger partial charge >= 0.3 is 0 Å². The van der Waals surface area contributed by atoms with Crippen molar-refractivity contribution in [2.24, 2.45) is 10.4 Å². The van der Waals surface area contributed by atoms with Crippen LogP contribution in [0.1, 0.15) is 19.8 Å². The number of aliphatic imine (C=N–C) groups is 1. The van der Waals surface area contributed by atoms with Crippen molar-refractivity contribution in [3.8, 4) is 0 Å². The third-order valence-electron chi connectivity index (χ3n) is 2.25. The van der Waals surface area contributed by atoms with Crippen molar-refractivity contribution in [2.75, 3.05) is 13.1 Å². The topological polar surface area (TPSA) is 24.4 Å². The van der Waals surface area contributed by atoms with E-state index in [4.69, 9.17) is 0 Å². The Morgan fingerprint density at radius 2 is 2.33 bits per heavy atom. The van der Waals surface area contributed by atoms with E-state index in [9.17, 15) is 0 Å². The molecule has 2 aliphatic rings. The zero-order valence-electron chi connectivity index (χ0n) is 5.78. The van der Waals surface area contributed by atoms with Gasteiger partial charge in [-0.05, 0) is 12.8 Å². The summed E-state index contributed by atoms with van der Waals surface area (Å²) in [7, 11) is 0. The third kappa shape index (κ3) is 0.732. The highest BCUT2D eigenvalue weighted by molar-refractivity contribution is 5.91. The van der Waals surface area contributed by atoms with Gasteiger partial charge in [0.2, 0.25) is 0 Å². The minimum atomic E-state index is 0.469. The van der Waals surface area contributed by atoms with Gasteiger partial charge in [0.05, 0.1) is 6.54 Å². The lowest BCUT2D eigenvalue weighted by molar-refractivity contribution is 0.769. The highest BCUT2D eigenvalue weighted by atomic mass is 15.1. The summed E-state index contributed by atoms with van der Waals surface area (Å²) in [5.41, 5.74) is 0.469. The molecule has 0 unspecified atom stereocenters. The summed E-state index contributed by atoms with van der Waals surface area (Å²) >= 11 is 0. The maximum absolute atomic E-state index is 4.38. The molecule has 1 heterocycles. The molecule has 0 aromatic carbocycles. The number of amidine groups is 1. The van der Waals surface area contributed by atoms with Crippen LogP contribution in [-0.4, -0.2) is 18.9 Å². The average Bonchev–Trinajstić information content (AvgIpc) is 2.46. The first-order valence-corrected chi connectivity index (χ1v) is 3.60. The van der Waals surface area contributed by atoms with Crippen molar-refractivity contribution < 1.29 is 0 Å². The van der Waals surface area contributed by atoms with Crippen molar-refractivity contribution in [3.63, 3.8) is 0 Å². The predicted molar refractivity (Wildman–Crippen MR) is 37.6 cm³/mol. The van der Waals surface area contributed by atoms with Crippen molar-refractivity contribution in [3.05, 3.63) is 0 Å². The minimum Gasteiger partial charge on any atom is -0.372 e. The van der Waals surface area contributed by atoms with Crippen LogP contribution in [0, 0.1) is 5.41 Å². The Balaban J connectivity index is 2.12. The summed E-state index contributed by atoms with van der Waals surface area (Å²) in [6.45, 7) is 4.33. The van der Waals surface area contributed by atoms with Gasteiger partial charge < -0.3 is 5.32 Å². The second-order valence-electron chi connectivity index (χ2n) is 3.22. The zero-order valence-corrected chi connectivity index (χ0v) is 5.78. The molecule has 50 valence electrons. The van der Waals surface area contributed by atoms with Crippen LogP contribution in [0.3, 0.4) is 0 Å². The molecule has 0 radical (unpaired) electrons. The molecule has 0 aromatic heterocycles. The highest BCUT2D eigenvalue weighted by Crippen LogP contribution is 2.46. The Kier molecular flexibility index (Phi) is 0.875. The standard InChI is InChI=1S/C7H12N2/c1-7(2-3-7)6-8-4-5-9-6/h2-5H2,1H3,(H,8,9). The fourth-order valence-electron chi connectivity index (χ4n) is 1.23. The summed E-state index contributed by atoms with van der Waals surface area (Å²) in [5, 5.41) is 3.31. The van der Waals surface area contributed by atoms with Crippen molar-refractivity contribution >= 4 is 5.84 Å². The van der Waals surface area contributed by atoms with E-state index in [1.165, 1.54) is 18.7 Å². The second-order valence-corrected chi connectivity index (χ2v) is 3.22. The molecule has 1 aliphatic carbocycles. The summed E-state index contributed by atoms with van der Waals surface area (Å²) in [4.78, 5) is 4.38. The Morgan fingerprint density at radius 3 is 2.78 bits per heavy atom. The molecule has 2 rings (SSSR count). The van der Waals surface area contributed by atoms with E-state index in [0.717, 1.165) is 13.1 Å². The van der Waals surface area contributed by atoms with Gasteiger partial charge in [0, 0.05) is 12.0 Å². The van der Waals surface area contributed by atoms with Gasteiger partial charge in [-0.25, -0.2) is 0 Å². The van der Waals surface area contributed by atoms with Crippen LogP contribution < -0.4 is 5.32 Å². The number of hydrogen-bond acceptors (Lipinski definition) is 2. The second kappa shape index (κ2) is 1.49. The van der Waals surface area contributed by atoms with Crippen LogP contribution in [0.15, 0.2) is 4.99 Å². The van der Waals surface area contributed by atoms with E-state index in [-0.39, 0.29) is 0 Å². The SMILES string of the molecule is CC1(C2=NCCN2)CC1. The van der Waals surface area contributed by atoms with E-state index in [1.807, 2.05) is 0 Å². The zero-order chi connectivity index (χ0) is 6.32. The lowest BCUT2D eigenvalue weighted by Gasteiger charge is -2.07. The van der Waals surface area contributed by atoms with Gasteiger partial charge in [0.1, 0.15) is 5.84 Å². The molecule has 1 fully saturated rings. The number of nitrogens with zero attached hydrogens (tertiary/aromatic N) is 1. The first kappa shape index (κ1) is 5.27. The molecular weight excluding hydrogens is 112 g/mol. The molecule has 1 N–H and O–H groups in total. The summed E-state index contributed by atoms with van der Waals surface area (Å²) < 4.78 is 0. The molecule has 0 saturated heterocycles. The molecule has 0 bridgehead atoms. The van der Waals surface area contributed by atoms with Crippen LogP contribution in [0.4, 0.5) is 0 Å². The van der Waals surface area contributed by atoms with E-state index in [1.54, 1.807) is 0 Å². The molecule has 9 heavy (non-hydrogen) atoms. The maximum Gasteiger partial charge on any atom is 0.102 e. The van der Waals surface area contributed by atoms with Gasteiger partial charge in [-0.15, -0.1) is 0 Å². The van der Waals surface area contributed by atoms with Crippen LogP contribution in [0.5, 0.6) is 0 Å². The van der Waals surface area contributed by atoms with E-state index in [0.29, 0.717) is 5.41 Å². The number of hydrogen-bond donors (Lipinski definition) is 1. The molecule has 2 nitrogen and oxygen atoms in total. The first-order valence-electron chi connectivity index (χ1n) is 3.60. The minimum absolute atomic E-state index is 0.469. The average molecular weight is 124 g/mol. The predicted octanol–water partition coefficient (Wildman–Crippen LogP) is 0.788. The van der Waals surface area contributed by atoms with Crippen LogP contribution in [0.2, 0.25) is 0 Å². The van der Waals surface area contributed by atoms with Gasteiger partial charge in [0.15, 0.2) is 0 Å². The molecule has 0 atom stereocenters. The summed E-state index contributed by atoms with van der Waals surface area (Å²) in [6.07, 6.45) is 2.66. The highest BCUT2D eigenvalue weighted by Gasteiger charge is 2.43. The fraction of sp³-hybridized carbons (Fsp3) is 0.857. The molecule has 0 aromatic rings. The third-order valence-corrected chi connectivity index (χ3v) is 2.25. The molecule has 1 saturated carbocycles. The van der Waals surface area contributed by atoms with Gasteiger partial charge in [0.25, 0.3) is 0 Å². The normalized spacial score (nSPS) is 29.2. The van der Waals surface area contributed by atoms with Crippen LogP contribution in [0.25, 0.3) is 0 Å². The van der Waals surface area contributed by atoms with Crippen LogP contribution in [-0.2, 0) is 0 Å². The van der Waals surface area contributed by atoms with Crippen LogP contribution >= 0.6 is 0 Å². The first-order chi connectivity index (χ1) is 4.31. The number of rotatable bonds is 1. The molecule has 0 amide bonds. The van der Waals surface area contributed by atoms with Crippen molar-refractivity contribution in [1.82, 2.24) is 5.32 Å². The Labute approximate surface area is 55.4 Å². The van der Waals surface area contributed by atoms with Gasteiger partial charge in [-0.2, -0.15) is 0 Å². The smallest absolute Gasteiger partial charge is 0.102 e. The molecule has 2 heteroatoms.